The number of nitrogens with zero attached hydrogens (tertiary/aromatic N) is 1. The second-order valence-electron chi connectivity index (χ2n) is 6.30. The average molecular weight is 411 g/mol. The van der Waals surface area contributed by atoms with Crippen molar-refractivity contribution in [1.29, 1.82) is 5.26 Å². The monoisotopic (exact) mass is 410 g/mol. The van der Waals surface area contributed by atoms with Gasteiger partial charge in [-0.2, -0.15) is 5.26 Å². The molecule has 4 rings (SSSR count). The fourth-order valence-corrected chi connectivity index (χ4v) is 3.38. The van der Waals surface area contributed by atoms with Gasteiger partial charge in [-0.05, 0) is 47.9 Å². The molecule has 1 aliphatic rings. The van der Waals surface area contributed by atoms with Crippen LogP contribution in [0, 0.1) is 11.3 Å². The van der Waals surface area contributed by atoms with Gasteiger partial charge in [0.05, 0.1) is 38.6 Å². The fraction of sp³-hybridized carbons (Fsp3) is 0.0476. The SMILES string of the molecule is N#Cc1cc2c(c(C(=O)O)c1)Nc1ccc(Cc3ccc(Cl)c(Cl)c3)cc1O2. The first-order chi connectivity index (χ1) is 13.4. The Labute approximate surface area is 170 Å². The summed E-state index contributed by atoms with van der Waals surface area (Å²) in [6.45, 7) is 0. The molecule has 1 heterocycles. The molecule has 0 atom stereocenters. The Kier molecular flexibility index (Phi) is 4.60. The first-order valence-corrected chi connectivity index (χ1v) is 9.03. The molecule has 7 heteroatoms. The van der Waals surface area contributed by atoms with Crippen LogP contribution in [0.3, 0.4) is 0 Å². The zero-order chi connectivity index (χ0) is 19.8. The summed E-state index contributed by atoms with van der Waals surface area (Å²) in [4.78, 5) is 11.5. The molecule has 0 aromatic heterocycles. The van der Waals surface area contributed by atoms with Gasteiger partial charge in [-0.3, -0.25) is 0 Å². The molecule has 0 unspecified atom stereocenters. The number of carboxylic acid groups (broad SMARTS) is 1. The van der Waals surface area contributed by atoms with Crippen LogP contribution in [0.25, 0.3) is 0 Å². The van der Waals surface area contributed by atoms with Crippen LogP contribution in [0.5, 0.6) is 11.5 Å². The Morgan fingerprint density at radius 3 is 2.50 bits per heavy atom. The standard InChI is InChI=1S/C21H12Cl2N2O3/c22-15-3-1-11(7-16(15)23)5-12-2-4-17-18(8-12)28-19-9-13(10-24)6-14(21(26)27)20(19)25-17/h1-4,6-9,25H,5H2,(H,26,27). The maximum atomic E-state index is 11.5. The second kappa shape index (κ2) is 7.08. The lowest BCUT2D eigenvalue weighted by molar-refractivity contribution is 0.0697. The van der Waals surface area contributed by atoms with Crippen LogP contribution in [0.1, 0.15) is 27.0 Å². The number of aromatic carboxylic acids is 1. The molecule has 5 nitrogen and oxygen atoms in total. The Morgan fingerprint density at radius 1 is 1.04 bits per heavy atom. The molecule has 0 radical (unpaired) electrons. The number of nitriles is 1. The van der Waals surface area contributed by atoms with Crippen molar-refractivity contribution in [2.45, 2.75) is 6.42 Å². The first-order valence-electron chi connectivity index (χ1n) is 8.28. The highest BCUT2D eigenvalue weighted by molar-refractivity contribution is 6.42. The van der Waals surface area contributed by atoms with Crippen LogP contribution >= 0.6 is 23.2 Å². The lowest BCUT2D eigenvalue weighted by Gasteiger charge is -2.24. The Balaban J connectivity index is 1.68. The van der Waals surface area contributed by atoms with Gasteiger partial charge in [-0.15, -0.1) is 0 Å². The zero-order valence-corrected chi connectivity index (χ0v) is 15.8. The summed E-state index contributed by atoms with van der Waals surface area (Å²) in [5.41, 5.74) is 3.16. The lowest BCUT2D eigenvalue weighted by Crippen LogP contribution is -2.10. The van der Waals surface area contributed by atoms with Crippen molar-refractivity contribution in [3.05, 3.63) is 80.8 Å². The molecule has 28 heavy (non-hydrogen) atoms. The molecule has 0 saturated heterocycles. The van der Waals surface area contributed by atoms with Gasteiger partial charge in [0.2, 0.25) is 0 Å². The highest BCUT2D eigenvalue weighted by Crippen LogP contribution is 2.44. The van der Waals surface area contributed by atoms with Gasteiger partial charge >= 0.3 is 5.97 Å². The van der Waals surface area contributed by atoms with Crippen LogP contribution in [-0.2, 0) is 6.42 Å². The van der Waals surface area contributed by atoms with E-state index in [-0.39, 0.29) is 11.1 Å². The maximum Gasteiger partial charge on any atom is 0.338 e. The molecular formula is C21H12Cl2N2O3. The van der Waals surface area contributed by atoms with Gasteiger partial charge in [-0.1, -0.05) is 35.3 Å². The van der Waals surface area contributed by atoms with Gasteiger partial charge in [0.1, 0.15) is 0 Å². The number of nitrogens with one attached hydrogen (secondary N) is 1. The average Bonchev–Trinajstić information content (AvgIpc) is 2.68. The molecule has 0 aliphatic carbocycles. The summed E-state index contributed by atoms with van der Waals surface area (Å²) < 4.78 is 5.91. The Bertz CT molecular complexity index is 1170. The third-order valence-corrected chi connectivity index (χ3v) is 5.12. The smallest absolute Gasteiger partial charge is 0.338 e. The summed E-state index contributed by atoms with van der Waals surface area (Å²) in [6, 6.07) is 15.9. The third-order valence-electron chi connectivity index (χ3n) is 4.38. The largest absolute Gasteiger partial charge is 0.478 e. The summed E-state index contributed by atoms with van der Waals surface area (Å²) in [7, 11) is 0. The van der Waals surface area contributed by atoms with Crippen molar-refractivity contribution in [2.24, 2.45) is 0 Å². The summed E-state index contributed by atoms with van der Waals surface area (Å²) in [5.74, 6) is -0.281. The number of hydrogen-bond donors (Lipinski definition) is 2. The molecule has 0 amide bonds. The summed E-state index contributed by atoms with van der Waals surface area (Å²) in [5, 5.41) is 22.7. The van der Waals surface area contributed by atoms with Crippen LogP contribution < -0.4 is 10.1 Å². The van der Waals surface area contributed by atoms with Gasteiger partial charge in [0.15, 0.2) is 11.5 Å². The molecule has 2 N–H and O–H groups in total. The normalized spacial score (nSPS) is 11.5. The number of carboxylic acids is 1. The lowest BCUT2D eigenvalue weighted by atomic mass is 10.0. The minimum atomic E-state index is -1.14. The molecule has 0 spiro atoms. The molecule has 0 fully saturated rings. The maximum absolute atomic E-state index is 11.5. The van der Waals surface area contributed by atoms with Crippen molar-refractivity contribution in [3.8, 4) is 17.6 Å². The van der Waals surface area contributed by atoms with Crippen molar-refractivity contribution in [1.82, 2.24) is 0 Å². The predicted octanol–water partition coefficient (Wildman–Crippen LogP) is 6.00. The first kappa shape index (κ1) is 18.2. The van der Waals surface area contributed by atoms with Gasteiger partial charge in [0, 0.05) is 6.07 Å². The minimum Gasteiger partial charge on any atom is -0.478 e. The number of ether oxygens (including phenoxy) is 1. The van der Waals surface area contributed by atoms with Crippen LogP contribution in [0.4, 0.5) is 11.4 Å². The van der Waals surface area contributed by atoms with E-state index in [9.17, 15) is 9.90 Å². The number of halogens is 2. The van der Waals surface area contributed by atoms with E-state index in [1.54, 1.807) is 6.07 Å². The molecule has 0 bridgehead atoms. The van der Waals surface area contributed by atoms with Crippen LogP contribution in [0.2, 0.25) is 10.0 Å². The number of fused-ring (bicyclic) bond motifs is 2. The minimum absolute atomic E-state index is 0.0143. The topological polar surface area (TPSA) is 82.4 Å². The van der Waals surface area contributed by atoms with Crippen molar-refractivity contribution in [3.63, 3.8) is 0 Å². The number of hydrogen-bond acceptors (Lipinski definition) is 4. The van der Waals surface area contributed by atoms with E-state index in [0.29, 0.717) is 39.3 Å². The highest BCUT2D eigenvalue weighted by Gasteiger charge is 2.24. The fourth-order valence-electron chi connectivity index (χ4n) is 3.06. The van der Waals surface area contributed by atoms with Crippen molar-refractivity contribution in [2.75, 3.05) is 5.32 Å². The molecule has 3 aromatic rings. The van der Waals surface area contributed by atoms with E-state index in [1.165, 1.54) is 12.1 Å². The molecule has 0 saturated carbocycles. The van der Waals surface area contributed by atoms with E-state index >= 15 is 0 Å². The molecular weight excluding hydrogens is 399 g/mol. The van der Waals surface area contributed by atoms with E-state index in [1.807, 2.05) is 36.4 Å². The van der Waals surface area contributed by atoms with Crippen molar-refractivity contribution < 1.29 is 14.6 Å². The van der Waals surface area contributed by atoms with Crippen LogP contribution in [-0.4, -0.2) is 11.1 Å². The van der Waals surface area contributed by atoms with Gasteiger partial charge in [-0.25, -0.2) is 4.79 Å². The molecule has 1 aliphatic heterocycles. The van der Waals surface area contributed by atoms with E-state index < -0.39 is 5.97 Å². The Morgan fingerprint density at radius 2 is 1.79 bits per heavy atom. The number of rotatable bonds is 3. The van der Waals surface area contributed by atoms with Crippen LogP contribution in [0.15, 0.2) is 48.5 Å². The third kappa shape index (κ3) is 3.36. The molecule has 138 valence electrons. The van der Waals surface area contributed by atoms with E-state index in [0.717, 1.165) is 11.1 Å². The Hall–Kier alpha value is -3.20. The molecule has 3 aromatic carbocycles. The zero-order valence-electron chi connectivity index (χ0n) is 14.3. The number of benzene rings is 3. The van der Waals surface area contributed by atoms with Gasteiger partial charge < -0.3 is 15.2 Å². The second-order valence-corrected chi connectivity index (χ2v) is 7.11. The van der Waals surface area contributed by atoms with Crippen molar-refractivity contribution >= 4 is 40.5 Å². The predicted molar refractivity (Wildman–Crippen MR) is 107 cm³/mol. The summed E-state index contributed by atoms with van der Waals surface area (Å²) in [6.07, 6.45) is 0.624. The quantitative estimate of drug-likeness (QED) is 0.432. The number of carbonyl (C=O) groups is 1. The van der Waals surface area contributed by atoms with Gasteiger partial charge in [0.25, 0.3) is 0 Å². The van der Waals surface area contributed by atoms with E-state index in [2.05, 4.69) is 5.32 Å². The summed E-state index contributed by atoms with van der Waals surface area (Å²) >= 11 is 12.0. The number of anilines is 2. The highest BCUT2D eigenvalue weighted by atomic mass is 35.5. The van der Waals surface area contributed by atoms with E-state index in [4.69, 9.17) is 33.2 Å².